The molecule has 2 aromatic rings. The predicted octanol–water partition coefficient (Wildman–Crippen LogP) is 2.62. The van der Waals surface area contributed by atoms with Crippen molar-refractivity contribution in [3.63, 3.8) is 0 Å². The number of hydrogen-bond donors (Lipinski definition) is 2. The van der Waals surface area contributed by atoms with Crippen molar-refractivity contribution >= 4 is 12.0 Å². The zero-order valence-electron chi connectivity index (χ0n) is 13.7. The van der Waals surface area contributed by atoms with Crippen LogP contribution in [0.25, 0.3) is 0 Å². The van der Waals surface area contributed by atoms with E-state index in [-0.39, 0.29) is 6.61 Å². The van der Waals surface area contributed by atoms with Gasteiger partial charge in [-0.05, 0) is 36.8 Å². The van der Waals surface area contributed by atoms with Gasteiger partial charge in [0.1, 0.15) is 5.75 Å². The number of rotatable bonds is 5. The summed E-state index contributed by atoms with van der Waals surface area (Å²) in [6, 6.07) is 14.5. The van der Waals surface area contributed by atoms with E-state index >= 15 is 0 Å². The number of methoxy groups -OCH3 is 1. The molecule has 2 rings (SSSR count). The Bertz CT molecular complexity index is 681. The molecule has 0 radical (unpaired) electrons. The van der Waals surface area contributed by atoms with E-state index in [1.807, 2.05) is 31.2 Å². The highest BCUT2D eigenvalue weighted by atomic mass is 16.6. The second-order valence-corrected chi connectivity index (χ2v) is 5.18. The molecular formula is C18H20N2O4. The minimum Gasteiger partial charge on any atom is -0.497 e. The molecule has 2 amide bonds. The van der Waals surface area contributed by atoms with Crippen molar-refractivity contribution in [1.82, 2.24) is 10.9 Å². The quantitative estimate of drug-likeness (QED) is 0.827. The Hall–Kier alpha value is -3.02. The number of carbonyl (C=O) groups is 2. The number of hydrazine groups is 1. The molecule has 0 bridgehead atoms. The molecule has 6 nitrogen and oxygen atoms in total. The van der Waals surface area contributed by atoms with Crippen molar-refractivity contribution in [2.24, 2.45) is 0 Å². The zero-order chi connectivity index (χ0) is 17.4. The molecule has 0 fully saturated rings. The zero-order valence-corrected chi connectivity index (χ0v) is 13.7. The fraction of sp³-hybridized carbons (Fsp3) is 0.222. The molecule has 0 saturated heterocycles. The van der Waals surface area contributed by atoms with Crippen molar-refractivity contribution in [3.05, 3.63) is 65.2 Å². The van der Waals surface area contributed by atoms with E-state index in [0.717, 1.165) is 5.56 Å². The van der Waals surface area contributed by atoms with Crippen LogP contribution in [0, 0.1) is 6.92 Å². The van der Waals surface area contributed by atoms with E-state index in [2.05, 4.69) is 10.9 Å². The first kappa shape index (κ1) is 17.3. The third-order valence-corrected chi connectivity index (χ3v) is 3.37. The van der Waals surface area contributed by atoms with Gasteiger partial charge in [-0.3, -0.25) is 10.2 Å². The van der Waals surface area contributed by atoms with Crippen LogP contribution in [0.4, 0.5) is 4.79 Å². The van der Waals surface area contributed by atoms with Crippen molar-refractivity contribution in [1.29, 1.82) is 0 Å². The number of ether oxygens (including phenoxy) is 2. The summed E-state index contributed by atoms with van der Waals surface area (Å²) in [5, 5.41) is 0. The van der Waals surface area contributed by atoms with Crippen LogP contribution in [0.5, 0.6) is 5.75 Å². The Morgan fingerprint density at radius 3 is 2.25 bits per heavy atom. The summed E-state index contributed by atoms with van der Waals surface area (Å²) in [4.78, 5) is 23.4. The number of benzene rings is 2. The Morgan fingerprint density at radius 1 is 0.958 bits per heavy atom. The lowest BCUT2D eigenvalue weighted by atomic mass is 10.1. The topological polar surface area (TPSA) is 76.7 Å². The lowest BCUT2D eigenvalue weighted by Gasteiger charge is -2.09. The SMILES string of the molecule is COc1ccc(C(=O)NNC(=O)OCCc2ccc(C)cc2)cc1. The molecule has 0 aromatic heterocycles. The van der Waals surface area contributed by atoms with Gasteiger partial charge in [-0.1, -0.05) is 29.8 Å². The first-order chi connectivity index (χ1) is 11.6. The van der Waals surface area contributed by atoms with Gasteiger partial charge in [0.25, 0.3) is 5.91 Å². The average molecular weight is 328 g/mol. The Labute approximate surface area is 140 Å². The van der Waals surface area contributed by atoms with Crippen LogP contribution in [0.1, 0.15) is 21.5 Å². The molecule has 0 atom stereocenters. The van der Waals surface area contributed by atoms with E-state index in [1.165, 1.54) is 5.56 Å². The summed E-state index contributed by atoms with van der Waals surface area (Å²) in [5.41, 5.74) is 7.16. The molecule has 6 heteroatoms. The molecule has 0 aliphatic rings. The fourth-order valence-electron chi connectivity index (χ4n) is 1.97. The maximum Gasteiger partial charge on any atom is 0.426 e. The Morgan fingerprint density at radius 2 is 1.62 bits per heavy atom. The lowest BCUT2D eigenvalue weighted by Crippen LogP contribution is -2.42. The van der Waals surface area contributed by atoms with Crippen LogP contribution in [0.3, 0.4) is 0 Å². The second kappa shape index (κ2) is 8.57. The van der Waals surface area contributed by atoms with Gasteiger partial charge in [-0.25, -0.2) is 10.2 Å². The summed E-state index contributed by atoms with van der Waals surface area (Å²) in [5.74, 6) is 0.211. The largest absolute Gasteiger partial charge is 0.497 e. The highest BCUT2D eigenvalue weighted by Gasteiger charge is 2.08. The monoisotopic (exact) mass is 328 g/mol. The van der Waals surface area contributed by atoms with E-state index < -0.39 is 12.0 Å². The minimum absolute atomic E-state index is 0.229. The molecule has 2 aromatic carbocycles. The molecule has 126 valence electrons. The summed E-state index contributed by atoms with van der Waals surface area (Å²) in [6.45, 7) is 2.24. The number of amides is 2. The van der Waals surface area contributed by atoms with Gasteiger partial charge in [0.2, 0.25) is 0 Å². The van der Waals surface area contributed by atoms with E-state index in [1.54, 1.807) is 31.4 Å². The van der Waals surface area contributed by atoms with Crippen molar-refractivity contribution in [2.45, 2.75) is 13.3 Å². The van der Waals surface area contributed by atoms with Gasteiger partial charge in [0.05, 0.1) is 13.7 Å². The standard InChI is InChI=1S/C18H20N2O4/c1-13-3-5-14(6-4-13)11-12-24-18(22)20-19-17(21)15-7-9-16(23-2)10-8-15/h3-10H,11-12H2,1-2H3,(H,19,21)(H,20,22). The van der Waals surface area contributed by atoms with Crippen molar-refractivity contribution in [3.8, 4) is 5.75 Å². The maximum absolute atomic E-state index is 11.9. The van der Waals surface area contributed by atoms with E-state index in [4.69, 9.17) is 9.47 Å². The van der Waals surface area contributed by atoms with Crippen LogP contribution >= 0.6 is 0 Å². The van der Waals surface area contributed by atoms with Crippen LogP contribution in [0.15, 0.2) is 48.5 Å². The number of aryl methyl sites for hydroxylation is 1. The second-order valence-electron chi connectivity index (χ2n) is 5.18. The predicted molar refractivity (Wildman–Crippen MR) is 89.8 cm³/mol. The molecule has 2 N–H and O–H groups in total. The summed E-state index contributed by atoms with van der Waals surface area (Å²) >= 11 is 0. The third-order valence-electron chi connectivity index (χ3n) is 3.37. The molecule has 0 heterocycles. The first-order valence-electron chi connectivity index (χ1n) is 7.51. The maximum atomic E-state index is 11.9. The number of nitrogens with one attached hydrogen (secondary N) is 2. The summed E-state index contributed by atoms with van der Waals surface area (Å²) in [6.07, 6.45) is -0.0934. The molecule has 0 saturated carbocycles. The molecule has 24 heavy (non-hydrogen) atoms. The Kier molecular flexibility index (Phi) is 6.19. The average Bonchev–Trinajstić information content (AvgIpc) is 2.61. The lowest BCUT2D eigenvalue weighted by molar-refractivity contribution is 0.0910. The van der Waals surface area contributed by atoms with Crippen LogP contribution in [0.2, 0.25) is 0 Å². The normalized spacial score (nSPS) is 9.92. The van der Waals surface area contributed by atoms with Gasteiger partial charge in [0, 0.05) is 12.0 Å². The number of carbonyl (C=O) groups excluding carboxylic acids is 2. The summed E-state index contributed by atoms with van der Waals surface area (Å²) in [7, 11) is 1.54. The van der Waals surface area contributed by atoms with Crippen molar-refractivity contribution in [2.75, 3.05) is 13.7 Å². The number of hydrogen-bond acceptors (Lipinski definition) is 4. The highest BCUT2D eigenvalue weighted by molar-refractivity contribution is 5.95. The molecule has 0 unspecified atom stereocenters. The summed E-state index contributed by atoms with van der Waals surface area (Å²) < 4.78 is 10.0. The molecular weight excluding hydrogens is 308 g/mol. The van der Waals surface area contributed by atoms with E-state index in [0.29, 0.717) is 17.7 Å². The molecule has 0 spiro atoms. The molecule has 0 aliphatic heterocycles. The van der Waals surface area contributed by atoms with Gasteiger partial charge >= 0.3 is 6.09 Å². The van der Waals surface area contributed by atoms with Crippen LogP contribution in [-0.2, 0) is 11.2 Å². The van der Waals surface area contributed by atoms with E-state index in [9.17, 15) is 9.59 Å². The Balaban J connectivity index is 1.70. The minimum atomic E-state index is -0.705. The first-order valence-corrected chi connectivity index (χ1v) is 7.51. The highest BCUT2D eigenvalue weighted by Crippen LogP contribution is 2.10. The van der Waals surface area contributed by atoms with Crippen molar-refractivity contribution < 1.29 is 19.1 Å². The van der Waals surface area contributed by atoms with Crippen LogP contribution in [-0.4, -0.2) is 25.7 Å². The smallest absolute Gasteiger partial charge is 0.426 e. The third kappa shape index (κ3) is 5.31. The molecule has 0 aliphatic carbocycles. The van der Waals surface area contributed by atoms with Gasteiger partial charge in [-0.15, -0.1) is 0 Å². The van der Waals surface area contributed by atoms with Crippen LogP contribution < -0.4 is 15.6 Å². The van der Waals surface area contributed by atoms with Gasteiger partial charge < -0.3 is 9.47 Å². The van der Waals surface area contributed by atoms with Gasteiger partial charge in [0.15, 0.2) is 0 Å². The fourth-order valence-corrected chi connectivity index (χ4v) is 1.97. The van der Waals surface area contributed by atoms with Gasteiger partial charge in [-0.2, -0.15) is 0 Å².